The van der Waals surface area contributed by atoms with Crippen LogP contribution in [0.5, 0.6) is 5.88 Å². The summed E-state index contributed by atoms with van der Waals surface area (Å²) in [6, 6.07) is 14.8. The number of amides is 1. The molecule has 1 amide bonds. The second-order valence-electron chi connectivity index (χ2n) is 8.10. The molecule has 5 rings (SSSR count). The van der Waals surface area contributed by atoms with Gasteiger partial charge in [-0.05, 0) is 42.0 Å². The lowest BCUT2D eigenvalue weighted by atomic mass is 9.92. The molecule has 1 fully saturated rings. The SMILES string of the molecule is COc1ccc(C(C(N)=O)c2cc(-c3ncnc4cc(N5CCOCC5)ccc34)ccc2Cl)nn1. The van der Waals surface area contributed by atoms with Gasteiger partial charge in [-0.2, -0.15) is 5.10 Å². The van der Waals surface area contributed by atoms with Crippen LogP contribution < -0.4 is 15.4 Å². The number of benzene rings is 2. The number of hydrogen-bond acceptors (Lipinski definition) is 8. The lowest BCUT2D eigenvalue weighted by Crippen LogP contribution is -2.36. The van der Waals surface area contributed by atoms with E-state index in [0.29, 0.717) is 35.4 Å². The van der Waals surface area contributed by atoms with Crippen molar-refractivity contribution in [3.63, 3.8) is 0 Å². The summed E-state index contributed by atoms with van der Waals surface area (Å²) in [5, 5.41) is 9.37. The number of hydrogen-bond donors (Lipinski definition) is 1. The standard InChI is InChI=1S/C25H23ClN6O3/c1-34-22-7-6-20(30-31-22)23(25(27)33)18-12-15(2-5-19(18)26)24-17-4-3-16(13-21(17)28-14-29-24)32-8-10-35-11-9-32/h2-7,12-14,23H,8-11H2,1H3,(H2,27,33). The van der Waals surface area contributed by atoms with E-state index in [0.717, 1.165) is 40.9 Å². The Morgan fingerprint density at radius 2 is 1.91 bits per heavy atom. The van der Waals surface area contributed by atoms with Crippen LogP contribution in [0.2, 0.25) is 5.02 Å². The minimum Gasteiger partial charge on any atom is -0.480 e. The smallest absolute Gasteiger partial charge is 0.233 e. The third-order valence-corrected chi connectivity index (χ3v) is 6.37. The van der Waals surface area contributed by atoms with Gasteiger partial charge in [-0.3, -0.25) is 4.79 Å². The third-order valence-electron chi connectivity index (χ3n) is 6.03. The second-order valence-corrected chi connectivity index (χ2v) is 8.50. The first-order valence-corrected chi connectivity index (χ1v) is 11.5. The van der Waals surface area contributed by atoms with Crippen LogP contribution in [0.1, 0.15) is 17.2 Å². The number of anilines is 1. The van der Waals surface area contributed by atoms with Crippen molar-refractivity contribution in [1.29, 1.82) is 0 Å². The lowest BCUT2D eigenvalue weighted by Gasteiger charge is -2.29. The van der Waals surface area contributed by atoms with Crippen molar-refractivity contribution in [2.45, 2.75) is 5.92 Å². The van der Waals surface area contributed by atoms with Crippen LogP contribution in [-0.4, -0.2) is 59.5 Å². The normalized spacial score (nSPS) is 14.6. The average Bonchev–Trinajstić information content (AvgIpc) is 2.90. The fourth-order valence-electron chi connectivity index (χ4n) is 4.26. The predicted molar refractivity (Wildman–Crippen MR) is 133 cm³/mol. The van der Waals surface area contributed by atoms with Gasteiger partial charge in [0.15, 0.2) is 0 Å². The van der Waals surface area contributed by atoms with Crippen molar-refractivity contribution in [2.75, 3.05) is 38.3 Å². The van der Waals surface area contributed by atoms with Crippen molar-refractivity contribution in [2.24, 2.45) is 5.73 Å². The number of rotatable bonds is 6. The van der Waals surface area contributed by atoms with Gasteiger partial charge in [-0.15, -0.1) is 5.10 Å². The quantitative estimate of drug-likeness (QED) is 0.438. The molecular formula is C25H23ClN6O3. The maximum absolute atomic E-state index is 12.5. The number of carbonyl (C=O) groups is 1. The molecule has 1 saturated heterocycles. The summed E-state index contributed by atoms with van der Waals surface area (Å²) in [5.74, 6) is -1.14. The van der Waals surface area contributed by atoms with Crippen LogP contribution in [0.4, 0.5) is 5.69 Å². The van der Waals surface area contributed by atoms with Gasteiger partial charge in [0.05, 0.1) is 37.2 Å². The zero-order valence-electron chi connectivity index (χ0n) is 19.0. The number of fused-ring (bicyclic) bond motifs is 1. The Bertz CT molecular complexity index is 1380. The highest BCUT2D eigenvalue weighted by Crippen LogP contribution is 2.35. The Balaban J connectivity index is 1.56. The summed E-state index contributed by atoms with van der Waals surface area (Å²) in [6.07, 6.45) is 1.54. The summed E-state index contributed by atoms with van der Waals surface area (Å²) in [6.45, 7) is 3.10. The summed E-state index contributed by atoms with van der Waals surface area (Å²) in [5.41, 5.74) is 10.1. The summed E-state index contributed by atoms with van der Waals surface area (Å²) >= 11 is 6.53. The van der Waals surface area contributed by atoms with Crippen LogP contribution >= 0.6 is 11.6 Å². The van der Waals surface area contributed by atoms with Crippen molar-refractivity contribution in [3.8, 4) is 17.1 Å². The lowest BCUT2D eigenvalue weighted by molar-refractivity contribution is -0.118. The number of carbonyl (C=O) groups excluding carboxylic acids is 1. The van der Waals surface area contributed by atoms with E-state index in [1.807, 2.05) is 18.2 Å². The first kappa shape index (κ1) is 22.9. The highest BCUT2D eigenvalue weighted by atomic mass is 35.5. The summed E-state index contributed by atoms with van der Waals surface area (Å²) in [7, 11) is 1.49. The molecule has 3 heterocycles. The molecule has 1 unspecified atom stereocenters. The Labute approximate surface area is 206 Å². The minimum atomic E-state index is -0.887. The van der Waals surface area contributed by atoms with E-state index >= 15 is 0 Å². The van der Waals surface area contributed by atoms with Crippen LogP contribution in [0.15, 0.2) is 54.9 Å². The van der Waals surface area contributed by atoms with E-state index in [9.17, 15) is 4.79 Å². The van der Waals surface area contributed by atoms with Gasteiger partial charge < -0.3 is 20.1 Å². The molecule has 2 aromatic heterocycles. The van der Waals surface area contributed by atoms with Gasteiger partial charge in [0.2, 0.25) is 11.8 Å². The summed E-state index contributed by atoms with van der Waals surface area (Å²) < 4.78 is 10.5. The van der Waals surface area contributed by atoms with E-state index in [2.05, 4.69) is 37.2 Å². The summed E-state index contributed by atoms with van der Waals surface area (Å²) in [4.78, 5) is 23.8. The molecule has 1 aliphatic heterocycles. The third kappa shape index (κ3) is 4.60. The highest BCUT2D eigenvalue weighted by Gasteiger charge is 2.26. The number of methoxy groups -OCH3 is 1. The monoisotopic (exact) mass is 490 g/mol. The van der Waals surface area contributed by atoms with E-state index in [4.69, 9.17) is 26.8 Å². The van der Waals surface area contributed by atoms with Crippen molar-refractivity contribution < 1.29 is 14.3 Å². The van der Waals surface area contributed by atoms with Gasteiger partial charge in [-0.1, -0.05) is 17.7 Å². The first-order valence-electron chi connectivity index (χ1n) is 11.1. The molecule has 0 aliphatic carbocycles. The minimum absolute atomic E-state index is 0.334. The van der Waals surface area contributed by atoms with Crippen LogP contribution in [0.3, 0.4) is 0 Å². The van der Waals surface area contributed by atoms with Gasteiger partial charge >= 0.3 is 0 Å². The second kappa shape index (κ2) is 9.81. The van der Waals surface area contributed by atoms with Crippen LogP contribution in [0.25, 0.3) is 22.2 Å². The zero-order chi connectivity index (χ0) is 24.4. The number of primary amides is 1. The molecule has 4 aromatic rings. The van der Waals surface area contributed by atoms with E-state index in [-0.39, 0.29) is 0 Å². The fourth-order valence-corrected chi connectivity index (χ4v) is 4.48. The Hall–Kier alpha value is -3.82. The number of aromatic nitrogens is 4. The molecule has 178 valence electrons. The van der Waals surface area contributed by atoms with Gasteiger partial charge in [0.1, 0.15) is 12.2 Å². The fraction of sp³-hybridized carbons (Fsp3) is 0.240. The molecule has 2 aromatic carbocycles. The maximum Gasteiger partial charge on any atom is 0.233 e. The molecule has 9 nitrogen and oxygen atoms in total. The molecule has 10 heteroatoms. The largest absolute Gasteiger partial charge is 0.480 e. The first-order chi connectivity index (χ1) is 17.0. The van der Waals surface area contributed by atoms with Gasteiger partial charge in [0.25, 0.3) is 0 Å². The van der Waals surface area contributed by atoms with Crippen LogP contribution in [0, 0.1) is 0 Å². The Morgan fingerprint density at radius 1 is 1.09 bits per heavy atom. The molecular weight excluding hydrogens is 468 g/mol. The molecule has 1 aliphatic rings. The molecule has 0 saturated carbocycles. The number of morpholine rings is 1. The number of halogens is 1. The Kier molecular flexibility index (Phi) is 6.43. The number of ether oxygens (including phenoxy) is 2. The highest BCUT2D eigenvalue weighted by molar-refractivity contribution is 6.31. The topological polar surface area (TPSA) is 116 Å². The van der Waals surface area contributed by atoms with Gasteiger partial charge in [0, 0.05) is 40.8 Å². The number of nitrogens with zero attached hydrogens (tertiary/aromatic N) is 5. The number of nitrogens with two attached hydrogens (primary N) is 1. The molecule has 0 bridgehead atoms. The van der Waals surface area contributed by atoms with E-state index < -0.39 is 11.8 Å². The van der Waals surface area contributed by atoms with Crippen LogP contribution in [-0.2, 0) is 9.53 Å². The van der Waals surface area contributed by atoms with E-state index in [1.54, 1.807) is 18.2 Å². The van der Waals surface area contributed by atoms with Crippen molar-refractivity contribution in [3.05, 3.63) is 71.1 Å². The predicted octanol–water partition coefficient (Wildman–Crippen LogP) is 3.20. The average molecular weight is 491 g/mol. The molecule has 1 atom stereocenters. The molecule has 2 N–H and O–H groups in total. The maximum atomic E-state index is 12.5. The van der Waals surface area contributed by atoms with Crippen molar-refractivity contribution in [1.82, 2.24) is 20.2 Å². The van der Waals surface area contributed by atoms with Crippen molar-refractivity contribution >= 4 is 34.1 Å². The molecule has 0 radical (unpaired) electrons. The Morgan fingerprint density at radius 3 is 2.63 bits per heavy atom. The van der Waals surface area contributed by atoms with Gasteiger partial charge in [-0.25, -0.2) is 9.97 Å². The molecule has 35 heavy (non-hydrogen) atoms. The zero-order valence-corrected chi connectivity index (χ0v) is 19.8. The molecule has 0 spiro atoms. The van der Waals surface area contributed by atoms with E-state index in [1.165, 1.54) is 13.4 Å².